The van der Waals surface area contributed by atoms with Crippen LogP contribution >= 0.6 is 35.0 Å². The molecule has 0 heterocycles. The second kappa shape index (κ2) is 5.62. The minimum Gasteiger partial charge on any atom is -0.369 e. The lowest BCUT2D eigenvalue weighted by Crippen LogP contribution is -2.21. The largest absolute Gasteiger partial charge is 0.369 e. The molecule has 0 spiro atoms. The third-order valence-electron chi connectivity index (χ3n) is 0.667. The van der Waals surface area contributed by atoms with Gasteiger partial charge in [-0.05, 0) is 6.42 Å². The molecule has 0 aliphatic heterocycles. The first-order chi connectivity index (χ1) is 3.18. The lowest BCUT2D eigenvalue weighted by molar-refractivity contribution is -0.117. The molecule has 0 aromatic heterocycles. The van der Waals surface area contributed by atoms with Gasteiger partial charge < -0.3 is 5.73 Å². The highest BCUT2D eigenvalue weighted by molar-refractivity contribution is 14.1. The van der Waals surface area contributed by atoms with E-state index in [1.165, 1.54) is 0 Å². The summed E-state index contributed by atoms with van der Waals surface area (Å²) in [6.07, 6.45) is 0.829. The molecule has 2 nitrogen and oxygen atoms in total. The normalized spacial score (nSPS) is 11.8. The van der Waals surface area contributed by atoms with Crippen molar-refractivity contribution in [2.24, 2.45) is 5.73 Å². The Labute approximate surface area is 68.8 Å². The van der Waals surface area contributed by atoms with Crippen LogP contribution in [0.4, 0.5) is 0 Å². The van der Waals surface area contributed by atoms with Crippen LogP contribution in [-0.4, -0.2) is 9.83 Å². The Morgan fingerprint density at radius 3 is 2.25 bits per heavy atom. The zero-order chi connectivity index (χ0) is 5.86. The van der Waals surface area contributed by atoms with Gasteiger partial charge in [0.15, 0.2) is 0 Å². The van der Waals surface area contributed by atoms with E-state index in [1.807, 2.05) is 29.5 Å². The number of carbonyl (C=O) groups is 1. The van der Waals surface area contributed by atoms with E-state index in [1.54, 1.807) is 0 Å². The zero-order valence-corrected chi connectivity index (χ0v) is 7.53. The number of halogens is 2. The molecule has 50 valence electrons. The molecular weight excluding hydrogens is 240 g/mol. The molecule has 0 radical (unpaired) electrons. The Bertz CT molecular complexity index is 78.4. The van der Waals surface area contributed by atoms with E-state index >= 15 is 0 Å². The van der Waals surface area contributed by atoms with Crippen molar-refractivity contribution in [1.29, 1.82) is 0 Å². The number of amides is 1. The van der Waals surface area contributed by atoms with Gasteiger partial charge >= 0.3 is 0 Å². The summed E-state index contributed by atoms with van der Waals surface area (Å²) in [4.78, 5) is 10.1. The molecule has 0 fully saturated rings. The fourth-order valence-electron chi connectivity index (χ4n) is 0.201. The van der Waals surface area contributed by atoms with Crippen LogP contribution in [0.15, 0.2) is 0 Å². The molecule has 0 rings (SSSR count). The highest BCUT2D eigenvalue weighted by atomic mass is 127. The predicted octanol–water partition coefficient (Wildman–Crippen LogP) is 1.11. The summed E-state index contributed by atoms with van der Waals surface area (Å²) >= 11 is 2.02. The fraction of sp³-hybridized carbons (Fsp3) is 0.750. The topological polar surface area (TPSA) is 43.1 Å². The summed E-state index contributed by atoms with van der Waals surface area (Å²) in [6.45, 7) is 1.93. The first-order valence-electron chi connectivity index (χ1n) is 2.12. The lowest BCUT2D eigenvalue weighted by atomic mass is 10.3. The highest BCUT2D eigenvalue weighted by Gasteiger charge is 2.04. The monoisotopic (exact) mass is 249 g/mol. The van der Waals surface area contributed by atoms with Crippen molar-refractivity contribution in [3.8, 4) is 0 Å². The highest BCUT2D eigenvalue weighted by Crippen LogP contribution is 2.01. The van der Waals surface area contributed by atoms with E-state index in [0.29, 0.717) is 0 Å². The molecule has 1 unspecified atom stereocenters. The van der Waals surface area contributed by atoms with Crippen LogP contribution < -0.4 is 5.73 Å². The molecular formula is C4H9ClINO. The number of primary amides is 1. The van der Waals surface area contributed by atoms with Crippen LogP contribution in [0.5, 0.6) is 0 Å². The molecule has 0 aliphatic rings. The van der Waals surface area contributed by atoms with E-state index in [2.05, 4.69) is 0 Å². The number of carbonyl (C=O) groups excluding carboxylic acids is 1. The van der Waals surface area contributed by atoms with Crippen LogP contribution in [0.2, 0.25) is 0 Å². The minimum absolute atomic E-state index is 0. The molecule has 4 heteroatoms. The first-order valence-corrected chi connectivity index (χ1v) is 3.36. The van der Waals surface area contributed by atoms with E-state index in [0.717, 1.165) is 6.42 Å². The molecule has 1 atom stereocenters. The lowest BCUT2D eigenvalue weighted by Gasteiger charge is -1.95. The van der Waals surface area contributed by atoms with Gasteiger partial charge in [0.1, 0.15) is 0 Å². The number of rotatable bonds is 2. The maximum absolute atomic E-state index is 10.1. The van der Waals surface area contributed by atoms with E-state index in [-0.39, 0.29) is 22.2 Å². The number of nitrogens with two attached hydrogens (primary N) is 1. The quantitative estimate of drug-likeness (QED) is 0.578. The van der Waals surface area contributed by atoms with Crippen molar-refractivity contribution in [1.82, 2.24) is 0 Å². The number of alkyl halides is 1. The van der Waals surface area contributed by atoms with Crippen molar-refractivity contribution < 1.29 is 4.79 Å². The Morgan fingerprint density at radius 2 is 2.25 bits per heavy atom. The smallest absolute Gasteiger partial charge is 0.230 e. The maximum atomic E-state index is 10.1. The van der Waals surface area contributed by atoms with Gasteiger partial charge in [-0.2, -0.15) is 0 Å². The van der Waals surface area contributed by atoms with Gasteiger partial charge in [-0.15, -0.1) is 12.4 Å². The van der Waals surface area contributed by atoms with Crippen molar-refractivity contribution in [2.45, 2.75) is 17.3 Å². The molecule has 2 N–H and O–H groups in total. The Hall–Kier alpha value is 0.490. The summed E-state index contributed by atoms with van der Waals surface area (Å²) in [5, 5.41) is 0. The maximum Gasteiger partial charge on any atom is 0.230 e. The van der Waals surface area contributed by atoms with Gasteiger partial charge in [-0.3, -0.25) is 4.79 Å². The van der Waals surface area contributed by atoms with Crippen LogP contribution in [-0.2, 0) is 4.79 Å². The Balaban J connectivity index is 0. The molecule has 8 heavy (non-hydrogen) atoms. The summed E-state index contributed by atoms with van der Waals surface area (Å²) in [5.41, 5.74) is 4.90. The van der Waals surface area contributed by atoms with E-state index in [9.17, 15) is 4.79 Å². The van der Waals surface area contributed by atoms with Gasteiger partial charge in [0.2, 0.25) is 5.91 Å². The van der Waals surface area contributed by atoms with Crippen LogP contribution in [0.1, 0.15) is 13.3 Å². The Morgan fingerprint density at radius 1 is 1.88 bits per heavy atom. The van der Waals surface area contributed by atoms with Gasteiger partial charge in [0.25, 0.3) is 0 Å². The molecule has 0 aromatic carbocycles. The second-order valence-corrected chi connectivity index (χ2v) is 2.78. The molecule has 1 amide bonds. The van der Waals surface area contributed by atoms with Crippen LogP contribution in [0.25, 0.3) is 0 Å². The summed E-state index contributed by atoms with van der Waals surface area (Å²) in [5.74, 6) is -0.219. The predicted molar refractivity (Wildman–Crippen MR) is 44.5 cm³/mol. The standard InChI is InChI=1S/C4H8INO.ClH/c1-2-3(5)4(6)7;/h3H,2H2,1H3,(H2,6,7);1H. The number of hydrogen-bond donors (Lipinski definition) is 1. The van der Waals surface area contributed by atoms with Crippen LogP contribution in [0, 0.1) is 0 Å². The molecule has 0 bridgehead atoms. The average Bonchev–Trinajstić information content (AvgIpc) is 1.65. The summed E-state index contributed by atoms with van der Waals surface area (Å²) in [7, 11) is 0. The fourth-order valence-corrected chi connectivity index (χ4v) is 0.201. The van der Waals surface area contributed by atoms with Gasteiger partial charge in [-0.25, -0.2) is 0 Å². The van der Waals surface area contributed by atoms with Gasteiger partial charge in [-0.1, -0.05) is 29.5 Å². The third-order valence-corrected chi connectivity index (χ3v) is 2.16. The number of hydrogen-bond acceptors (Lipinski definition) is 1. The Kier molecular flexibility index (Phi) is 7.95. The van der Waals surface area contributed by atoms with Crippen molar-refractivity contribution >= 4 is 40.9 Å². The first kappa shape index (κ1) is 11.3. The van der Waals surface area contributed by atoms with Crippen LogP contribution in [0.3, 0.4) is 0 Å². The average molecular weight is 249 g/mol. The van der Waals surface area contributed by atoms with E-state index < -0.39 is 0 Å². The SMILES string of the molecule is CCC(I)C(N)=O.Cl. The van der Waals surface area contributed by atoms with Crippen molar-refractivity contribution in [2.75, 3.05) is 0 Å². The van der Waals surface area contributed by atoms with Gasteiger partial charge in [0.05, 0.1) is 3.92 Å². The van der Waals surface area contributed by atoms with Crippen molar-refractivity contribution in [3.05, 3.63) is 0 Å². The molecule has 0 aromatic rings. The molecule has 0 saturated heterocycles. The second-order valence-electron chi connectivity index (χ2n) is 1.28. The zero-order valence-electron chi connectivity index (χ0n) is 4.56. The summed E-state index contributed by atoms with van der Waals surface area (Å²) in [6, 6.07) is 0. The van der Waals surface area contributed by atoms with Gasteiger partial charge in [0, 0.05) is 0 Å². The molecule has 0 saturated carbocycles. The molecule has 0 aliphatic carbocycles. The van der Waals surface area contributed by atoms with Crippen molar-refractivity contribution in [3.63, 3.8) is 0 Å². The van der Waals surface area contributed by atoms with E-state index in [4.69, 9.17) is 5.73 Å². The third kappa shape index (κ3) is 4.64. The summed E-state index contributed by atoms with van der Waals surface area (Å²) < 4.78 is 0.0117. The minimum atomic E-state index is -0.219.